The molecule has 0 bridgehead atoms. The molecule has 0 aliphatic heterocycles. The Hall–Kier alpha value is -1.05. The lowest BCUT2D eigenvalue weighted by Crippen LogP contribution is -2.38. The Kier molecular flexibility index (Phi) is 5.99. The highest BCUT2D eigenvalue weighted by Crippen LogP contribution is 2.36. The number of hydrogen-bond donors (Lipinski definition) is 1. The number of thioether (sulfide) groups is 1. The number of alkyl carbamates (subject to hydrolysis) is 1. The van der Waals surface area contributed by atoms with Crippen LogP contribution in [-0.4, -0.2) is 34.0 Å². The SMILES string of the molecule is CSc1nc(Cl)nc2c(C)c(C[C@H](C)NC(=O)OC(C)(C)C)sc12. The molecule has 132 valence electrons. The fourth-order valence-electron chi connectivity index (χ4n) is 2.25. The zero-order valence-corrected chi connectivity index (χ0v) is 17.1. The molecule has 0 radical (unpaired) electrons. The number of aryl methyl sites for hydroxylation is 1. The molecule has 2 rings (SSSR count). The van der Waals surface area contributed by atoms with Gasteiger partial charge in [0.1, 0.15) is 10.6 Å². The van der Waals surface area contributed by atoms with Gasteiger partial charge in [-0.3, -0.25) is 0 Å². The smallest absolute Gasteiger partial charge is 0.407 e. The fraction of sp³-hybridized carbons (Fsp3) is 0.562. The largest absolute Gasteiger partial charge is 0.444 e. The summed E-state index contributed by atoms with van der Waals surface area (Å²) >= 11 is 9.23. The molecular weight excluding hydrogens is 366 g/mol. The first-order chi connectivity index (χ1) is 11.1. The lowest BCUT2D eigenvalue weighted by molar-refractivity contribution is 0.0508. The van der Waals surface area contributed by atoms with Crippen molar-refractivity contribution in [3.05, 3.63) is 15.7 Å². The van der Waals surface area contributed by atoms with Crippen LogP contribution in [-0.2, 0) is 11.2 Å². The van der Waals surface area contributed by atoms with Gasteiger partial charge in [0.25, 0.3) is 0 Å². The predicted molar refractivity (Wildman–Crippen MR) is 101 cm³/mol. The van der Waals surface area contributed by atoms with E-state index in [1.807, 2.05) is 40.9 Å². The van der Waals surface area contributed by atoms with Crippen LogP contribution in [0, 0.1) is 6.92 Å². The molecule has 24 heavy (non-hydrogen) atoms. The van der Waals surface area contributed by atoms with E-state index in [1.54, 1.807) is 23.1 Å². The summed E-state index contributed by atoms with van der Waals surface area (Å²) in [7, 11) is 0. The zero-order valence-electron chi connectivity index (χ0n) is 14.7. The van der Waals surface area contributed by atoms with Gasteiger partial charge in [-0.05, 0) is 58.0 Å². The maximum Gasteiger partial charge on any atom is 0.407 e. The van der Waals surface area contributed by atoms with Gasteiger partial charge >= 0.3 is 6.09 Å². The summed E-state index contributed by atoms with van der Waals surface area (Å²) in [6, 6.07) is -0.0484. The van der Waals surface area contributed by atoms with Crippen molar-refractivity contribution >= 4 is 51.0 Å². The van der Waals surface area contributed by atoms with Gasteiger partial charge in [-0.25, -0.2) is 14.8 Å². The standard InChI is InChI=1S/C16H22ClN3O2S2/c1-8(18-15(21)22-16(3,4)5)7-10-9(2)11-12(24-10)13(23-6)20-14(17)19-11/h8H,7H2,1-6H3,(H,18,21)/t8-/m0/s1. The van der Waals surface area contributed by atoms with Gasteiger partial charge in [-0.2, -0.15) is 0 Å². The lowest BCUT2D eigenvalue weighted by atomic mass is 10.1. The summed E-state index contributed by atoms with van der Waals surface area (Å²) in [4.78, 5) is 21.7. The molecule has 0 aliphatic rings. The van der Waals surface area contributed by atoms with Crippen molar-refractivity contribution in [2.24, 2.45) is 0 Å². The number of nitrogens with one attached hydrogen (secondary N) is 1. The zero-order chi connectivity index (χ0) is 18.1. The van der Waals surface area contributed by atoms with Crippen LogP contribution in [0.2, 0.25) is 5.28 Å². The van der Waals surface area contributed by atoms with Gasteiger partial charge in [-0.1, -0.05) is 0 Å². The van der Waals surface area contributed by atoms with E-state index in [-0.39, 0.29) is 11.3 Å². The van der Waals surface area contributed by atoms with Gasteiger partial charge in [0.2, 0.25) is 5.28 Å². The first-order valence-electron chi connectivity index (χ1n) is 7.59. The van der Waals surface area contributed by atoms with Crippen molar-refractivity contribution in [2.45, 2.75) is 57.7 Å². The average molecular weight is 388 g/mol. The molecule has 0 fully saturated rings. The summed E-state index contributed by atoms with van der Waals surface area (Å²) in [5, 5.41) is 4.02. The highest BCUT2D eigenvalue weighted by molar-refractivity contribution is 7.98. The molecule has 5 nitrogen and oxygen atoms in total. The van der Waals surface area contributed by atoms with E-state index in [2.05, 4.69) is 15.3 Å². The highest BCUT2D eigenvalue weighted by Gasteiger charge is 2.20. The monoisotopic (exact) mass is 387 g/mol. The van der Waals surface area contributed by atoms with E-state index in [0.29, 0.717) is 6.42 Å². The summed E-state index contributed by atoms with van der Waals surface area (Å²) in [6.45, 7) is 9.53. The Labute approximate surface area is 155 Å². The van der Waals surface area contributed by atoms with Crippen molar-refractivity contribution in [1.82, 2.24) is 15.3 Å². The van der Waals surface area contributed by atoms with Crippen LogP contribution in [0.3, 0.4) is 0 Å². The van der Waals surface area contributed by atoms with Crippen LogP contribution < -0.4 is 5.32 Å². The number of carbonyl (C=O) groups excluding carboxylic acids is 1. The Morgan fingerprint density at radius 2 is 2.08 bits per heavy atom. The molecule has 0 spiro atoms. The van der Waals surface area contributed by atoms with Crippen LogP contribution in [0.5, 0.6) is 0 Å². The van der Waals surface area contributed by atoms with Crippen molar-refractivity contribution < 1.29 is 9.53 Å². The lowest BCUT2D eigenvalue weighted by Gasteiger charge is -2.21. The molecule has 0 unspecified atom stereocenters. The molecule has 2 aromatic rings. The number of aromatic nitrogens is 2. The van der Waals surface area contributed by atoms with Crippen molar-refractivity contribution in [3.8, 4) is 0 Å². The molecule has 0 saturated heterocycles. The summed E-state index contributed by atoms with van der Waals surface area (Å²) in [6.07, 6.45) is 2.28. The van der Waals surface area contributed by atoms with Crippen molar-refractivity contribution in [2.75, 3.05) is 6.26 Å². The first-order valence-corrected chi connectivity index (χ1v) is 10.0. The number of nitrogens with zero attached hydrogens (tertiary/aromatic N) is 2. The molecule has 1 amide bonds. The molecule has 0 saturated carbocycles. The van der Waals surface area contributed by atoms with Gasteiger partial charge in [0.15, 0.2) is 0 Å². The van der Waals surface area contributed by atoms with Crippen molar-refractivity contribution in [3.63, 3.8) is 0 Å². The van der Waals surface area contributed by atoms with Crippen LogP contribution in [0.25, 0.3) is 10.2 Å². The summed E-state index contributed by atoms with van der Waals surface area (Å²) in [5.41, 5.74) is 1.48. The minimum absolute atomic E-state index is 0.0484. The van der Waals surface area contributed by atoms with Crippen LogP contribution in [0.1, 0.15) is 38.1 Å². The third-order valence-corrected chi connectivity index (χ3v) is 5.54. The van der Waals surface area contributed by atoms with Crippen LogP contribution >= 0.6 is 34.7 Å². The Balaban J connectivity index is 2.18. The topological polar surface area (TPSA) is 64.1 Å². The first kappa shape index (κ1) is 19.3. The number of amides is 1. The maximum atomic E-state index is 11.9. The summed E-state index contributed by atoms with van der Waals surface area (Å²) < 4.78 is 6.34. The average Bonchev–Trinajstić information content (AvgIpc) is 2.73. The van der Waals surface area contributed by atoms with Gasteiger partial charge in [0, 0.05) is 17.3 Å². The van der Waals surface area contributed by atoms with Gasteiger partial charge in [0.05, 0.1) is 10.2 Å². The predicted octanol–water partition coefficient (Wildman–Crippen LogP) is 4.83. The van der Waals surface area contributed by atoms with E-state index in [4.69, 9.17) is 16.3 Å². The third-order valence-electron chi connectivity index (χ3n) is 3.25. The van der Waals surface area contributed by atoms with E-state index in [0.717, 1.165) is 20.8 Å². The maximum absolute atomic E-state index is 11.9. The molecule has 8 heteroatoms. The number of halogens is 1. The van der Waals surface area contributed by atoms with Crippen LogP contribution in [0.4, 0.5) is 4.79 Å². The number of ether oxygens (including phenoxy) is 1. The van der Waals surface area contributed by atoms with E-state index in [9.17, 15) is 4.79 Å². The Morgan fingerprint density at radius 3 is 2.67 bits per heavy atom. The minimum Gasteiger partial charge on any atom is -0.444 e. The molecule has 1 atom stereocenters. The molecular formula is C16H22ClN3O2S2. The Bertz CT molecular complexity index is 756. The highest BCUT2D eigenvalue weighted by atomic mass is 35.5. The molecule has 1 N–H and O–H groups in total. The number of rotatable bonds is 4. The van der Waals surface area contributed by atoms with Gasteiger partial charge in [-0.15, -0.1) is 23.1 Å². The third kappa shape index (κ3) is 4.74. The normalized spacial score (nSPS) is 13.1. The number of hydrogen-bond acceptors (Lipinski definition) is 6. The van der Waals surface area contributed by atoms with Crippen molar-refractivity contribution in [1.29, 1.82) is 0 Å². The second-order valence-corrected chi connectivity index (χ2v) is 8.82. The van der Waals surface area contributed by atoms with Crippen LogP contribution in [0.15, 0.2) is 5.03 Å². The fourth-order valence-corrected chi connectivity index (χ4v) is 4.56. The quantitative estimate of drug-likeness (QED) is 0.462. The van der Waals surface area contributed by atoms with E-state index < -0.39 is 11.7 Å². The number of thiophene rings is 1. The molecule has 2 aromatic heterocycles. The Morgan fingerprint density at radius 1 is 1.42 bits per heavy atom. The number of carbonyl (C=O) groups is 1. The summed E-state index contributed by atoms with van der Waals surface area (Å²) in [5.74, 6) is 0. The van der Waals surface area contributed by atoms with E-state index >= 15 is 0 Å². The molecule has 2 heterocycles. The van der Waals surface area contributed by atoms with Gasteiger partial charge < -0.3 is 10.1 Å². The second-order valence-electron chi connectivity index (χ2n) is 6.58. The second kappa shape index (κ2) is 7.45. The molecule has 0 aromatic carbocycles. The molecule has 0 aliphatic carbocycles. The van der Waals surface area contributed by atoms with E-state index in [1.165, 1.54) is 4.88 Å². The minimum atomic E-state index is -0.503. The number of fused-ring (bicyclic) bond motifs is 1.